The number of nitrogens with two attached hydrogens (primary N) is 1. The number of amides is 2. The van der Waals surface area contributed by atoms with Gasteiger partial charge in [-0.1, -0.05) is 18.2 Å². The van der Waals surface area contributed by atoms with Gasteiger partial charge >= 0.3 is 0 Å². The summed E-state index contributed by atoms with van der Waals surface area (Å²) in [7, 11) is 0. The Morgan fingerprint density at radius 1 is 1.45 bits per heavy atom. The second-order valence-electron chi connectivity index (χ2n) is 4.25. The molecular weight excluding hydrogens is 298 g/mol. The highest BCUT2D eigenvalue weighted by molar-refractivity contribution is 8.02. The Hall–Kier alpha value is -1.84. The topological polar surface area (TPSA) is 99.5 Å². The van der Waals surface area contributed by atoms with Crippen LogP contribution < -0.4 is 22.0 Å². The van der Waals surface area contributed by atoms with Gasteiger partial charge in [-0.25, -0.2) is 10.9 Å². The van der Waals surface area contributed by atoms with Crippen molar-refractivity contribution in [3.63, 3.8) is 0 Å². The number of fused-ring (bicyclic) bond motifs is 2. The van der Waals surface area contributed by atoms with E-state index < -0.39 is 4.87 Å². The van der Waals surface area contributed by atoms with Gasteiger partial charge in [0.25, 0.3) is 11.8 Å². The molecule has 2 heterocycles. The first kappa shape index (κ1) is 13.2. The number of hydrazine groups is 2. The van der Waals surface area contributed by atoms with Crippen LogP contribution in [0.3, 0.4) is 0 Å². The van der Waals surface area contributed by atoms with E-state index in [1.165, 1.54) is 16.8 Å². The van der Waals surface area contributed by atoms with Crippen molar-refractivity contribution in [3.05, 3.63) is 29.8 Å². The molecule has 9 heteroatoms. The molecule has 0 radical (unpaired) electrons. The summed E-state index contributed by atoms with van der Waals surface area (Å²) in [5.74, 6) is 4.88. The summed E-state index contributed by atoms with van der Waals surface area (Å²) < 4.78 is 0. The molecule has 1 spiro atoms. The molecule has 2 aliphatic heterocycles. The second kappa shape index (κ2) is 4.62. The van der Waals surface area contributed by atoms with Gasteiger partial charge in [0.15, 0.2) is 5.11 Å². The largest absolute Gasteiger partial charge is 0.322 e. The van der Waals surface area contributed by atoms with Crippen LogP contribution in [0.1, 0.15) is 5.56 Å². The van der Waals surface area contributed by atoms with E-state index in [1.54, 1.807) is 6.07 Å². The molecular formula is C11H11N5O2S2. The minimum absolute atomic E-state index is 0.0670. The van der Waals surface area contributed by atoms with Crippen LogP contribution in [-0.4, -0.2) is 27.7 Å². The third-order valence-electron chi connectivity index (χ3n) is 3.16. The maximum absolute atomic E-state index is 12.4. The molecule has 20 heavy (non-hydrogen) atoms. The van der Waals surface area contributed by atoms with Gasteiger partial charge in [-0.05, 0) is 18.3 Å². The van der Waals surface area contributed by atoms with E-state index >= 15 is 0 Å². The lowest BCUT2D eigenvalue weighted by molar-refractivity contribution is -0.138. The summed E-state index contributed by atoms with van der Waals surface area (Å²) in [5, 5.41) is 4.09. The molecule has 0 saturated carbocycles. The SMILES string of the molecule is NNC(=S)NN1C(=O)CSC12C(=O)Nc1ccccc12. The number of thiocarbonyl (C=S) groups is 1. The van der Waals surface area contributed by atoms with E-state index in [4.69, 9.17) is 18.1 Å². The highest BCUT2D eigenvalue weighted by Crippen LogP contribution is 2.51. The lowest BCUT2D eigenvalue weighted by atomic mass is 10.1. The van der Waals surface area contributed by atoms with Crippen molar-refractivity contribution in [2.24, 2.45) is 5.84 Å². The van der Waals surface area contributed by atoms with Gasteiger partial charge in [0.2, 0.25) is 4.87 Å². The van der Waals surface area contributed by atoms with Crippen molar-refractivity contribution < 1.29 is 9.59 Å². The summed E-state index contributed by atoms with van der Waals surface area (Å²) in [6.07, 6.45) is 0. The lowest BCUT2D eigenvalue weighted by Gasteiger charge is -2.32. The molecule has 0 bridgehead atoms. The fourth-order valence-electron chi connectivity index (χ4n) is 2.33. The van der Waals surface area contributed by atoms with Crippen LogP contribution in [0.4, 0.5) is 5.69 Å². The number of nitrogens with zero attached hydrogens (tertiary/aromatic N) is 1. The number of carbonyl (C=O) groups is 2. The van der Waals surface area contributed by atoms with E-state index in [1.807, 2.05) is 18.2 Å². The van der Waals surface area contributed by atoms with Crippen molar-refractivity contribution in [1.29, 1.82) is 0 Å². The van der Waals surface area contributed by atoms with Crippen molar-refractivity contribution >= 4 is 46.6 Å². The Morgan fingerprint density at radius 2 is 2.20 bits per heavy atom. The first-order valence-corrected chi connectivity index (χ1v) is 7.14. The molecule has 0 aliphatic carbocycles. The van der Waals surface area contributed by atoms with Gasteiger partial charge in [-0.3, -0.25) is 20.4 Å². The molecule has 1 unspecified atom stereocenters. The third kappa shape index (κ3) is 1.67. The molecule has 1 aromatic carbocycles. The molecule has 1 fully saturated rings. The molecule has 1 saturated heterocycles. The second-order valence-corrected chi connectivity index (χ2v) is 5.82. The number of hydrogen-bond acceptors (Lipinski definition) is 5. The smallest absolute Gasteiger partial charge is 0.267 e. The fourth-order valence-corrected chi connectivity index (χ4v) is 3.67. The standard InChI is InChI=1S/C11H11N5O2S2/c12-14-10(19)15-16-8(17)5-20-11(16)6-3-1-2-4-7(6)13-9(11)18/h1-4H,5,12H2,(H,13,18)(H2,14,15,19). The molecule has 3 rings (SSSR count). The Morgan fingerprint density at radius 3 is 2.95 bits per heavy atom. The average Bonchev–Trinajstić information content (AvgIpc) is 2.92. The predicted molar refractivity (Wildman–Crippen MR) is 79.1 cm³/mol. The van der Waals surface area contributed by atoms with Crippen molar-refractivity contribution in [1.82, 2.24) is 15.9 Å². The van der Waals surface area contributed by atoms with Crippen molar-refractivity contribution in [2.75, 3.05) is 11.1 Å². The number of nitrogens with one attached hydrogen (secondary N) is 3. The van der Waals surface area contributed by atoms with E-state index in [9.17, 15) is 9.59 Å². The molecule has 0 aromatic heterocycles. The van der Waals surface area contributed by atoms with Crippen LogP contribution in [0.15, 0.2) is 24.3 Å². The average molecular weight is 309 g/mol. The maximum atomic E-state index is 12.4. The summed E-state index contributed by atoms with van der Waals surface area (Å²) in [6.45, 7) is 0. The van der Waals surface area contributed by atoms with Crippen molar-refractivity contribution in [2.45, 2.75) is 4.87 Å². The van der Waals surface area contributed by atoms with Crippen LogP contribution in [0.2, 0.25) is 0 Å². The van der Waals surface area contributed by atoms with Crippen LogP contribution >= 0.6 is 24.0 Å². The fraction of sp³-hybridized carbons (Fsp3) is 0.182. The number of thioether (sulfide) groups is 1. The van der Waals surface area contributed by atoms with Gasteiger partial charge in [-0.2, -0.15) is 0 Å². The Labute approximate surface area is 124 Å². The summed E-state index contributed by atoms with van der Waals surface area (Å²) in [5.41, 5.74) is 6.35. The number of hydrogen-bond donors (Lipinski definition) is 4. The summed E-state index contributed by atoms with van der Waals surface area (Å²) >= 11 is 6.16. The highest BCUT2D eigenvalue weighted by Gasteiger charge is 2.58. The zero-order valence-electron chi connectivity index (χ0n) is 10.2. The van der Waals surface area contributed by atoms with Crippen LogP contribution in [0, 0.1) is 0 Å². The maximum Gasteiger partial charge on any atom is 0.267 e. The molecule has 2 aliphatic rings. The molecule has 2 amide bonds. The van der Waals surface area contributed by atoms with Gasteiger partial charge in [-0.15, -0.1) is 11.8 Å². The van der Waals surface area contributed by atoms with Crippen molar-refractivity contribution in [3.8, 4) is 0 Å². The van der Waals surface area contributed by atoms with E-state index in [0.29, 0.717) is 5.69 Å². The van der Waals surface area contributed by atoms with Crippen LogP contribution in [0.25, 0.3) is 0 Å². The number of carbonyl (C=O) groups excluding carboxylic acids is 2. The highest BCUT2D eigenvalue weighted by atomic mass is 32.2. The van der Waals surface area contributed by atoms with Crippen LogP contribution in [-0.2, 0) is 14.5 Å². The molecule has 5 N–H and O–H groups in total. The number of anilines is 1. The van der Waals surface area contributed by atoms with Gasteiger partial charge in [0.1, 0.15) is 0 Å². The quantitative estimate of drug-likeness (QED) is 0.319. The number of rotatable bonds is 1. The zero-order chi connectivity index (χ0) is 14.3. The minimum atomic E-state index is -1.14. The molecule has 7 nitrogen and oxygen atoms in total. The zero-order valence-corrected chi connectivity index (χ0v) is 11.8. The van der Waals surface area contributed by atoms with Gasteiger partial charge < -0.3 is 5.32 Å². The third-order valence-corrected chi connectivity index (χ3v) is 4.77. The summed E-state index contributed by atoms with van der Waals surface area (Å²) in [6, 6.07) is 7.25. The summed E-state index contributed by atoms with van der Waals surface area (Å²) in [4.78, 5) is 23.4. The minimum Gasteiger partial charge on any atom is -0.322 e. The Kier molecular flexibility index (Phi) is 3.04. The number of para-hydroxylation sites is 1. The Balaban J connectivity index is 2.08. The Bertz CT molecular complexity index is 623. The predicted octanol–water partition coefficient (Wildman–Crippen LogP) is -0.380. The number of benzene rings is 1. The molecule has 1 atom stereocenters. The van der Waals surface area contributed by atoms with E-state index in [2.05, 4.69) is 16.2 Å². The molecule has 104 valence electrons. The lowest BCUT2D eigenvalue weighted by Crippen LogP contribution is -2.58. The van der Waals surface area contributed by atoms with Gasteiger partial charge in [0, 0.05) is 11.3 Å². The van der Waals surface area contributed by atoms with E-state index in [0.717, 1.165) is 5.56 Å². The normalized spacial score (nSPS) is 23.8. The first-order chi connectivity index (χ1) is 9.59. The van der Waals surface area contributed by atoms with Gasteiger partial charge in [0.05, 0.1) is 5.75 Å². The monoisotopic (exact) mass is 309 g/mol. The van der Waals surface area contributed by atoms with E-state index in [-0.39, 0.29) is 22.7 Å². The molecule has 1 aromatic rings. The van der Waals surface area contributed by atoms with Crippen LogP contribution in [0.5, 0.6) is 0 Å². The first-order valence-electron chi connectivity index (χ1n) is 5.75.